The highest BCUT2D eigenvalue weighted by Gasteiger charge is 2.27. The highest BCUT2D eigenvalue weighted by Crippen LogP contribution is 2.33. The van der Waals surface area contributed by atoms with Gasteiger partial charge in [0.15, 0.2) is 5.78 Å². The van der Waals surface area contributed by atoms with Gasteiger partial charge in [-0.05, 0) is 19.8 Å². The Morgan fingerprint density at radius 1 is 1.28 bits per heavy atom. The maximum atomic E-state index is 12.3. The van der Waals surface area contributed by atoms with Crippen LogP contribution in [0.25, 0.3) is 0 Å². The molecule has 0 atom stereocenters. The van der Waals surface area contributed by atoms with Gasteiger partial charge in [0.05, 0.1) is 21.3 Å². The number of thioether (sulfide) groups is 1. The number of nitrogens with zero attached hydrogens (tertiary/aromatic N) is 4. The van der Waals surface area contributed by atoms with E-state index in [2.05, 4.69) is 15.2 Å². The lowest BCUT2D eigenvalue weighted by Gasteiger charge is -2.31. The number of carbonyl (C=O) groups is 2. The van der Waals surface area contributed by atoms with E-state index in [1.165, 1.54) is 23.1 Å². The summed E-state index contributed by atoms with van der Waals surface area (Å²) in [6.45, 7) is 6.60. The lowest BCUT2D eigenvalue weighted by atomic mass is 9.97. The minimum Gasteiger partial charge on any atom is -0.416 e. The largest absolute Gasteiger partial charge is 0.416 e. The highest BCUT2D eigenvalue weighted by atomic mass is 32.2. The molecule has 0 aromatic carbocycles. The van der Waals surface area contributed by atoms with Crippen LogP contribution in [0.3, 0.4) is 0 Å². The standard InChI is InChI=1S/C16H20N4O3S2/c1-9-14(10(2)21)25-15(17-9)12-4-6-20(7-5-12)13(22)8-24-16-19-18-11(3)23-16/h12H,4-8H2,1-3H3. The van der Waals surface area contributed by atoms with Crippen LogP contribution in [-0.4, -0.2) is 50.6 Å². The van der Waals surface area contributed by atoms with E-state index in [-0.39, 0.29) is 11.7 Å². The Kier molecular flexibility index (Phi) is 5.53. The van der Waals surface area contributed by atoms with Gasteiger partial charge in [0, 0.05) is 32.9 Å². The minimum atomic E-state index is 0.0714. The van der Waals surface area contributed by atoms with Crippen molar-refractivity contribution in [3.8, 4) is 0 Å². The van der Waals surface area contributed by atoms with Crippen LogP contribution in [0.5, 0.6) is 0 Å². The zero-order chi connectivity index (χ0) is 18.0. The predicted octanol–water partition coefficient (Wildman–Crippen LogP) is 2.84. The van der Waals surface area contributed by atoms with Gasteiger partial charge in [-0.25, -0.2) is 4.98 Å². The van der Waals surface area contributed by atoms with Crippen LogP contribution in [0.1, 0.15) is 51.9 Å². The predicted molar refractivity (Wildman–Crippen MR) is 95.2 cm³/mol. The van der Waals surface area contributed by atoms with Crippen molar-refractivity contribution in [2.24, 2.45) is 0 Å². The number of hydrogen-bond acceptors (Lipinski definition) is 8. The van der Waals surface area contributed by atoms with Gasteiger partial charge in [0.1, 0.15) is 0 Å². The number of aromatic nitrogens is 3. The molecule has 3 rings (SSSR count). The molecular formula is C16H20N4O3S2. The second kappa shape index (κ2) is 7.65. The summed E-state index contributed by atoms with van der Waals surface area (Å²) in [7, 11) is 0. The van der Waals surface area contributed by atoms with Crippen LogP contribution in [0.2, 0.25) is 0 Å². The fraction of sp³-hybridized carbons (Fsp3) is 0.562. The van der Waals surface area contributed by atoms with Gasteiger partial charge in [0.25, 0.3) is 5.22 Å². The van der Waals surface area contributed by atoms with Crippen molar-refractivity contribution in [1.82, 2.24) is 20.1 Å². The van der Waals surface area contributed by atoms with Crippen LogP contribution in [0, 0.1) is 13.8 Å². The Labute approximate surface area is 154 Å². The zero-order valence-electron chi connectivity index (χ0n) is 14.4. The molecule has 0 aliphatic carbocycles. The maximum Gasteiger partial charge on any atom is 0.277 e. The fourth-order valence-corrected chi connectivity index (χ4v) is 4.68. The van der Waals surface area contributed by atoms with Crippen LogP contribution in [0.4, 0.5) is 0 Å². The van der Waals surface area contributed by atoms with Gasteiger partial charge in [-0.2, -0.15) is 0 Å². The molecule has 2 aromatic rings. The zero-order valence-corrected chi connectivity index (χ0v) is 16.1. The van der Waals surface area contributed by atoms with E-state index >= 15 is 0 Å². The van der Waals surface area contributed by atoms with Crippen molar-refractivity contribution in [3.05, 3.63) is 21.5 Å². The molecule has 1 aliphatic heterocycles. The van der Waals surface area contributed by atoms with E-state index in [0.717, 1.165) is 28.4 Å². The number of rotatable bonds is 5. The molecule has 0 bridgehead atoms. The number of hydrogen-bond donors (Lipinski definition) is 0. The second-order valence-electron chi connectivity index (χ2n) is 6.05. The number of Topliss-reactive ketones (excluding diaryl/α,β-unsaturated/α-hetero) is 1. The van der Waals surface area contributed by atoms with E-state index in [9.17, 15) is 9.59 Å². The smallest absolute Gasteiger partial charge is 0.277 e. The summed E-state index contributed by atoms with van der Waals surface area (Å²) in [4.78, 5) is 31.1. The Hall–Kier alpha value is -1.74. The summed E-state index contributed by atoms with van der Waals surface area (Å²) < 4.78 is 5.26. The first-order chi connectivity index (χ1) is 11.9. The molecule has 2 aromatic heterocycles. The third-order valence-electron chi connectivity index (χ3n) is 4.16. The molecule has 7 nitrogen and oxygen atoms in total. The first kappa shape index (κ1) is 18.1. The Morgan fingerprint density at radius 3 is 2.56 bits per heavy atom. The Morgan fingerprint density at radius 2 is 2.00 bits per heavy atom. The SMILES string of the molecule is CC(=O)c1sc(C2CCN(C(=O)CSc3nnc(C)o3)CC2)nc1C. The molecule has 3 heterocycles. The van der Waals surface area contributed by atoms with Crippen molar-refractivity contribution in [2.45, 2.75) is 44.8 Å². The van der Waals surface area contributed by atoms with Crippen LogP contribution in [0.15, 0.2) is 9.64 Å². The molecule has 1 saturated heterocycles. The van der Waals surface area contributed by atoms with Gasteiger partial charge >= 0.3 is 0 Å². The first-order valence-electron chi connectivity index (χ1n) is 8.13. The Balaban J connectivity index is 1.52. The molecule has 1 amide bonds. The fourth-order valence-electron chi connectivity index (χ4n) is 2.85. The van der Waals surface area contributed by atoms with E-state index in [1.54, 1.807) is 13.8 Å². The molecule has 0 saturated carbocycles. The number of aryl methyl sites for hydroxylation is 2. The average molecular weight is 380 g/mol. The molecule has 9 heteroatoms. The monoisotopic (exact) mass is 380 g/mol. The van der Waals surface area contributed by atoms with Crippen molar-refractivity contribution in [1.29, 1.82) is 0 Å². The Bertz CT molecular complexity index is 778. The highest BCUT2D eigenvalue weighted by molar-refractivity contribution is 7.99. The van der Waals surface area contributed by atoms with Crippen molar-refractivity contribution in [3.63, 3.8) is 0 Å². The topological polar surface area (TPSA) is 89.2 Å². The third kappa shape index (κ3) is 4.27. The number of piperidine rings is 1. The van der Waals surface area contributed by atoms with Crippen LogP contribution >= 0.6 is 23.1 Å². The lowest BCUT2D eigenvalue weighted by molar-refractivity contribution is -0.129. The number of carbonyl (C=O) groups excluding carboxylic acids is 2. The maximum absolute atomic E-state index is 12.3. The minimum absolute atomic E-state index is 0.0714. The molecule has 0 radical (unpaired) electrons. The van der Waals surface area contributed by atoms with Crippen molar-refractivity contribution < 1.29 is 14.0 Å². The molecular weight excluding hydrogens is 360 g/mol. The van der Waals surface area contributed by atoms with Gasteiger partial charge in [-0.1, -0.05) is 11.8 Å². The number of thiazole rings is 1. The van der Waals surface area contributed by atoms with E-state index in [0.29, 0.717) is 35.9 Å². The molecule has 1 aliphatic rings. The summed E-state index contributed by atoms with van der Waals surface area (Å²) in [5.41, 5.74) is 0.817. The molecule has 134 valence electrons. The molecule has 0 unspecified atom stereocenters. The summed E-state index contributed by atoms with van der Waals surface area (Å²) >= 11 is 2.77. The number of likely N-dealkylation sites (tertiary alicyclic amines) is 1. The van der Waals surface area contributed by atoms with Gasteiger partial charge in [-0.15, -0.1) is 21.5 Å². The summed E-state index contributed by atoms with van der Waals surface area (Å²) in [5.74, 6) is 1.28. The quantitative estimate of drug-likeness (QED) is 0.582. The van der Waals surface area contributed by atoms with Crippen LogP contribution in [-0.2, 0) is 4.79 Å². The van der Waals surface area contributed by atoms with E-state index in [4.69, 9.17) is 4.42 Å². The molecule has 25 heavy (non-hydrogen) atoms. The molecule has 1 fully saturated rings. The van der Waals surface area contributed by atoms with Crippen molar-refractivity contribution in [2.75, 3.05) is 18.8 Å². The van der Waals surface area contributed by atoms with Gasteiger partial charge in [0.2, 0.25) is 11.8 Å². The third-order valence-corrected chi connectivity index (χ3v) is 6.38. The second-order valence-corrected chi connectivity index (χ2v) is 8.01. The average Bonchev–Trinajstić information content (AvgIpc) is 3.18. The summed E-state index contributed by atoms with van der Waals surface area (Å²) in [5, 5.41) is 9.08. The van der Waals surface area contributed by atoms with E-state index < -0.39 is 0 Å². The first-order valence-corrected chi connectivity index (χ1v) is 9.93. The number of amides is 1. The van der Waals surface area contributed by atoms with E-state index in [1.807, 2.05) is 11.8 Å². The van der Waals surface area contributed by atoms with Gasteiger partial charge < -0.3 is 9.32 Å². The van der Waals surface area contributed by atoms with Crippen LogP contribution < -0.4 is 0 Å². The molecule has 0 N–H and O–H groups in total. The van der Waals surface area contributed by atoms with Gasteiger partial charge in [-0.3, -0.25) is 9.59 Å². The van der Waals surface area contributed by atoms with Crippen molar-refractivity contribution >= 4 is 34.8 Å². The molecule has 0 spiro atoms. The summed E-state index contributed by atoms with van der Waals surface area (Å²) in [6.07, 6.45) is 1.75. The summed E-state index contributed by atoms with van der Waals surface area (Å²) in [6, 6.07) is 0. The lowest BCUT2D eigenvalue weighted by Crippen LogP contribution is -2.38. The number of ketones is 1. The normalized spacial score (nSPS) is 15.6.